The van der Waals surface area contributed by atoms with Crippen molar-refractivity contribution < 1.29 is 18.9 Å². The molecule has 6 saturated heterocycles. The standard InChI is InChI=1S/2C8H16.2C7H15N.2C7H14O.2C7H14.C6H13NO.C6H12O.10C2H6/c2*1-7(2)8-5-3-4-6-8;1-6(2)7-3-4-8-5-7;1-6(2)7-4-3-5-8-7;1-6(2)7-3-4-8-5-7;1-6(2)7-4-3-5-8-7;2*1-6(2)7-4-3-5-7;1-5(2)6-3-8-4-7-6;1-5(2)6-3-7-4-6;10*1-2/h2*7-8H,3-6H2,1-2H3;2*6-8H,3-5H2,1-2H3;2*6-7H,3-5H2,1-2H3;2*6-7H,3-5H2,1-2H3;5-7H,3-4H2,1-2H3;5-6H,3-4H2,1-2H3;10*1-2H3. The van der Waals surface area contributed by atoms with Gasteiger partial charge in [0.1, 0.15) is 0 Å². The number of hydrogen-bond donors (Lipinski definition) is 3. The molecule has 0 amide bonds. The first-order chi connectivity index (χ1) is 46.5. The molecule has 6 aliphatic heterocycles. The Labute approximate surface area is 621 Å². The van der Waals surface area contributed by atoms with Gasteiger partial charge in [-0.3, -0.25) is 5.32 Å². The van der Waals surface area contributed by atoms with E-state index in [-0.39, 0.29) is 0 Å². The number of hydrogen-bond acceptors (Lipinski definition) is 7. The Morgan fingerprint density at radius 3 is 0.711 bits per heavy atom. The summed E-state index contributed by atoms with van der Waals surface area (Å²) in [6.45, 7) is 96.0. The van der Waals surface area contributed by atoms with E-state index in [9.17, 15) is 0 Å². The predicted octanol–water partition coefficient (Wildman–Crippen LogP) is 28.8. The van der Waals surface area contributed by atoms with Crippen molar-refractivity contribution in [1.29, 1.82) is 0 Å². The van der Waals surface area contributed by atoms with Gasteiger partial charge in [0.25, 0.3) is 0 Å². The Morgan fingerprint density at radius 1 is 0.237 bits per heavy atom. The molecule has 5 unspecified atom stereocenters. The SMILES string of the molecule is CC.CC.CC.CC.CC.CC.CC.CC.CC.CC.CC(C)C1CCC1.CC(C)C1CCC1.CC(C)C1CCCC1.CC(C)C1CCCC1.CC(C)C1CCCN1.CC(C)C1CCCO1.CC(C)C1CCNC1.CC(C)C1CCOC1.CC(C)C1COC1.CC(C)C1COCN1. The van der Waals surface area contributed by atoms with E-state index in [4.69, 9.17) is 18.9 Å². The largest absolute Gasteiger partial charge is 0.381 e. The molecule has 6 heterocycles. The minimum atomic E-state index is 0.565. The second kappa shape index (κ2) is 91.8. The van der Waals surface area contributed by atoms with Crippen LogP contribution in [0.2, 0.25) is 0 Å². The Morgan fingerprint density at radius 2 is 0.588 bits per heavy atom. The molecule has 10 fully saturated rings. The van der Waals surface area contributed by atoms with Crippen LogP contribution >= 0.6 is 0 Å². The lowest BCUT2D eigenvalue weighted by Gasteiger charge is -2.29. The Balaban J connectivity index is -0.000000105. The highest BCUT2D eigenvalue weighted by atomic mass is 16.5. The minimum Gasteiger partial charge on any atom is -0.381 e. The predicted molar refractivity (Wildman–Crippen MR) is 452 cm³/mol. The Hall–Kier alpha value is -0.280. The molecule has 5 atom stereocenters. The molecule has 10 aliphatic rings. The van der Waals surface area contributed by atoms with E-state index in [1.807, 2.05) is 138 Å². The van der Waals surface area contributed by atoms with Gasteiger partial charge in [-0.05, 0) is 153 Å². The van der Waals surface area contributed by atoms with E-state index < -0.39 is 0 Å². The monoisotopic (exact) mass is 1390 g/mol. The second-order valence-corrected chi connectivity index (χ2v) is 29.2. The van der Waals surface area contributed by atoms with Gasteiger partial charge >= 0.3 is 0 Å². The molecule has 7 nitrogen and oxygen atoms in total. The van der Waals surface area contributed by atoms with Crippen LogP contribution in [0.25, 0.3) is 0 Å². The van der Waals surface area contributed by atoms with Gasteiger partial charge in [-0.25, -0.2) is 0 Å². The molecule has 4 aliphatic carbocycles. The number of rotatable bonds is 10. The molecular weight excluding hydrogens is 1190 g/mol. The Kier molecular flexibility index (Phi) is 112. The van der Waals surface area contributed by atoms with Gasteiger partial charge in [-0.15, -0.1) is 0 Å². The van der Waals surface area contributed by atoms with Crippen LogP contribution in [0, 0.1) is 101 Å². The lowest BCUT2D eigenvalue weighted by molar-refractivity contribution is -0.0534. The summed E-state index contributed by atoms with van der Waals surface area (Å²) < 4.78 is 20.7. The highest BCUT2D eigenvalue weighted by molar-refractivity contribution is 4.78. The van der Waals surface area contributed by atoms with E-state index in [1.165, 1.54) is 148 Å². The first-order valence-electron chi connectivity index (χ1n) is 44.1. The van der Waals surface area contributed by atoms with Crippen molar-refractivity contribution in [3.63, 3.8) is 0 Å². The molecule has 97 heavy (non-hydrogen) atoms. The lowest BCUT2D eigenvalue weighted by Crippen LogP contribution is -2.31. The maximum atomic E-state index is 5.41. The van der Waals surface area contributed by atoms with E-state index in [2.05, 4.69) is 154 Å². The fraction of sp³-hybridized carbons (Fsp3) is 1.00. The van der Waals surface area contributed by atoms with Gasteiger partial charge in [0.2, 0.25) is 0 Å². The first kappa shape index (κ1) is 118. The van der Waals surface area contributed by atoms with Crippen molar-refractivity contribution in [3.05, 3.63) is 0 Å². The molecule has 10 rings (SSSR count). The third-order valence-corrected chi connectivity index (χ3v) is 19.6. The summed E-state index contributed by atoms with van der Waals surface area (Å²) in [6.07, 6.45) is 29.4. The fourth-order valence-corrected chi connectivity index (χ4v) is 11.7. The quantitative estimate of drug-likeness (QED) is 0.201. The zero-order valence-corrected chi connectivity index (χ0v) is 75.9. The topological polar surface area (TPSA) is 73.0 Å². The van der Waals surface area contributed by atoms with Crippen LogP contribution in [0.3, 0.4) is 0 Å². The van der Waals surface area contributed by atoms with E-state index in [0.29, 0.717) is 18.1 Å². The van der Waals surface area contributed by atoms with Crippen molar-refractivity contribution >= 4 is 0 Å². The summed E-state index contributed by atoms with van der Waals surface area (Å²) in [5, 5.41) is 10.0. The van der Waals surface area contributed by atoms with Crippen molar-refractivity contribution in [2.45, 2.75) is 424 Å². The Bertz CT molecular complexity index is 1010. The van der Waals surface area contributed by atoms with Crippen LogP contribution in [0.1, 0.15) is 405 Å². The van der Waals surface area contributed by atoms with Gasteiger partial charge in [-0.1, -0.05) is 367 Å². The molecule has 7 heteroatoms. The molecule has 0 spiro atoms. The van der Waals surface area contributed by atoms with Gasteiger partial charge in [0.05, 0.1) is 32.7 Å². The van der Waals surface area contributed by atoms with Crippen molar-refractivity contribution in [1.82, 2.24) is 16.0 Å². The normalized spacial score (nSPS) is 21.5. The third-order valence-electron chi connectivity index (χ3n) is 19.6. The van der Waals surface area contributed by atoms with Crippen LogP contribution in [-0.2, 0) is 18.9 Å². The van der Waals surface area contributed by atoms with Crippen LogP contribution < -0.4 is 16.0 Å². The maximum Gasteiger partial charge on any atom is 0.0969 e. The molecule has 0 aromatic heterocycles. The fourth-order valence-electron chi connectivity index (χ4n) is 11.7. The smallest absolute Gasteiger partial charge is 0.0969 e. The summed E-state index contributed by atoms with van der Waals surface area (Å²) in [4.78, 5) is 0. The van der Waals surface area contributed by atoms with Crippen LogP contribution in [0.4, 0.5) is 0 Å². The molecule has 0 bridgehead atoms. The van der Waals surface area contributed by atoms with E-state index in [1.54, 1.807) is 0 Å². The van der Waals surface area contributed by atoms with Gasteiger partial charge in [0.15, 0.2) is 0 Å². The zero-order chi connectivity index (χ0) is 77.7. The maximum absolute atomic E-state index is 5.41. The average molecular weight is 1390 g/mol. The van der Waals surface area contributed by atoms with Gasteiger partial charge in [0, 0.05) is 37.8 Å². The molecule has 3 N–H and O–H groups in total. The zero-order valence-electron chi connectivity index (χ0n) is 75.9. The summed E-state index contributed by atoms with van der Waals surface area (Å²) >= 11 is 0. The highest BCUT2D eigenvalue weighted by Gasteiger charge is 2.24. The number of ether oxygens (including phenoxy) is 4. The molecule has 0 aromatic rings. The van der Waals surface area contributed by atoms with Crippen LogP contribution in [0.5, 0.6) is 0 Å². The lowest BCUT2D eigenvalue weighted by atomic mass is 9.78. The van der Waals surface area contributed by atoms with Gasteiger partial charge < -0.3 is 29.6 Å². The average Bonchev–Trinajstić information content (AvgIpc) is 2.10. The summed E-state index contributed by atoms with van der Waals surface area (Å²) in [7, 11) is 0. The first-order valence-corrected chi connectivity index (χ1v) is 44.1. The summed E-state index contributed by atoms with van der Waals surface area (Å²) in [6, 6.07) is 1.41. The third kappa shape index (κ3) is 73.8. The molecule has 602 valence electrons. The molecular formula is C90H203N3O4. The van der Waals surface area contributed by atoms with E-state index >= 15 is 0 Å². The molecule has 4 saturated carbocycles. The van der Waals surface area contributed by atoms with Crippen molar-refractivity contribution in [2.75, 3.05) is 66.0 Å². The summed E-state index contributed by atoms with van der Waals surface area (Å²) in [5.41, 5.74) is 0. The number of nitrogens with one attached hydrogen (secondary N) is 3. The second-order valence-electron chi connectivity index (χ2n) is 29.2. The van der Waals surface area contributed by atoms with Crippen molar-refractivity contribution in [2.24, 2.45) is 101 Å². The van der Waals surface area contributed by atoms with Crippen LogP contribution in [0.15, 0.2) is 0 Å². The van der Waals surface area contributed by atoms with Crippen molar-refractivity contribution in [3.8, 4) is 0 Å². The van der Waals surface area contributed by atoms with Crippen LogP contribution in [-0.4, -0.2) is 84.2 Å². The summed E-state index contributed by atoms with van der Waals surface area (Å²) in [5.74, 6) is 15.5. The molecule has 0 aromatic carbocycles. The van der Waals surface area contributed by atoms with E-state index in [0.717, 1.165) is 147 Å². The minimum absolute atomic E-state index is 0.565. The highest BCUT2D eigenvalue weighted by Crippen LogP contribution is 2.34. The molecule has 0 radical (unpaired) electrons. The van der Waals surface area contributed by atoms with Gasteiger partial charge in [-0.2, -0.15) is 0 Å².